The third-order valence-corrected chi connectivity index (χ3v) is 8.28. The SMILES string of the molecule is O=C(OC1C2CC3C1OC(=O)C3C2C(=O)OCCC(F)C(F)(F)S(=O)(=O)O)C1CCCCC1. The minimum absolute atomic E-state index is 0.248. The Bertz CT molecular complexity index is 918. The van der Waals surface area contributed by atoms with Crippen LogP contribution in [0.3, 0.4) is 0 Å². The number of halogens is 3. The van der Waals surface area contributed by atoms with E-state index in [4.69, 9.17) is 18.8 Å². The van der Waals surface area contributed by atoms with Gasteiger partial charge in [0.2, 0.25) is 0 Å². The third kappa shape index (κ3) is 4.22. The Morgan fingerprint density at radius 2 is 1.82 bits per heavy atom. The van der Waals surface area contributed by atoms with Crippen LogP contribution in [0.4, 0.5) is 13.2 Å². The fraction of sp³-hybridized carbons (Fsp3) is 0.850. The van der Waals surface area contributed by atoms with E-state index in [1.165, 1.54) is 0 Å². The highest BCUT2D eigenvalue weighted by molar-refractivity contribution is 7.86. The molecule has 7 unspecified atom stereocenters. The quantitative estimate of drug-likeness (QED) is 0.303. The molecule has 3 saturated carbocycles. The second-order valence-corrected chi connectivity index (χ2v) is 10.7. The van der Waals surface area contributed by atoms with Gasteiger partial charge in [-0.2, -0.15) is 17.2 Å². The van der Waals surface area contributed by atoms with Crippen LogP contribution in [-0.4, -0.2) is 61.1 Å². The van der Waals surface area contributed by atoms with Crippen LogP contribution in [0.25, 0.3) is 0 Å². The highest BCUT2D eigenvalue weighted by Crippen LogP contribution is 2.59. The van der Waals surface area contributed by atoms with Gasteiger partial charge in [0, 0.05) is 18.3 Å². The maximum atomic E-state index is 13.6. The molecule has 0 radical (unpaired) electrons. The Kier molecular flexibility index (Phi) is 6.40. The van der Waals surface area contributed by atoms with Crippen LogP contribution in [0, 0.1) is 29.6 Å². The first-order valence-corrected chi connectivity index (χ1v) is 12.4. The van der Waals surface area contributed by atoms with Crippen LogP contribution in [-0.2, 0) is 38.7 Å². The fourth-order valence-electron chi connectivity index (χ4n) is 5.73. The molecule has 33 heavy (non-hydrogen) atoms. The van der Waals surface area contributed by atoms with E-state index in [0.717, 1.165) is 19.3 Å². The van der Waals surface area contributed by atoms with Crippen LogP contribution in [0.5, 0.6) is 0 Å². The molecule has 186 valence electrons. The Labute approximate surface area is 188 Å². The van der Waals surface area contributed by atoms with Crippen molar-refractivity contribution in [1.29, 1.82) is 0 Å². The van der Waals surface area contributed by atoms with E-state index in [0.29, 0.717) is 19.3 Å². The van der Waals surface area contributed by atoms with Crippen molar-refractivity contribution in [2.75, 3.05) is 6.61 Å². The van der Waals surface area contributed by atoms with Gasteiger partial charge in [-0.05, 0) is 19.3 Å². The van der Waals surface area contributed by atoms with Crippen molar-refractivity contribution >= 4 is 28.0 Å². The molecule has 9 nitrogen and oxygen atoms in total. The summed E-state index contributed by atoms with van der Waals surface area (Å²) in [5.41, 5.74) is 0. The molecule has 13 heteroatoms. The molecule has 1 heterocycles. The monoisotopic (exact) mass is 498 g/mol. The molecular formula is C20H25F3O9S. The van der Waals surface area contributed by atoms with Crippen molar-refractivity contribution < 1.29 is 54.7 Å². The number of hydrogen-bond acceptors (Lipinski definition) is 8. The minimum Gasteiger partial charge on any atom is -0.465 e. The number of fused-ring (bicyclic) bond motifs is 1. The van der Waals surface area contributed by atoms with Crippen LogP contribution in [0.2, 0.25) is 0 Å². The first-order valence-electron chi connectivity index (χ1n) is 11.0. The molecule has 0 aromatic rings. The van der Waals surface area contributed by atoms with Crippen LogP contribution in [0.15, 0.2) is 0 Å². The molecule has 1 aliphatic heterocycles. The molecule has 0 amide bonds. The smallest absolute Gasteiger partial charge is 0.400 e. The lowest BCUT2D eigenvalue weighted by molar-refractivity contribution is -0.170. The van der Waals surface area contributed by atoms with E-state index in [1.54, 1.807) is 0 Å². The van der Waals surface area contributed by atoms with Gasteiger partial charge in [0.25, 0.3) is 0 Å². The molecule has 7 atom stereocenters. The Balaban J connectivity index is 1.39. The molecule has 4 rings (SSSR count). The van der Waals surface area contributed by atoms with E-state index in [-0.39, 0.29) is 11.8 Å². The fourth-order valence-corrected chi connectivity index (χ4v) is 6.17. The number of alkyl halides is 3. The zero-order chi connectivity index (χ0) is 24.1. The van der Waals surface area contributed by atoms with Crippen molar-refractivity contribution in [1.82, 2.24) is 0 Å². The zero-order valence-corrected chi connectivity index (χ0v) is 18.3. The van der Waals surface area contributed by atoms with E-state index >= 15 is 0 Å². The minimum atomic E-state index is -5.98. The van der Waals surface area contributed by atoms with Crippen LogP contribution in [0.1, 0.15) is 44.9 Å². The van der Waals surface area contributed by atoms with Gasteiger partial charge in [0.05, 0.1) is 24.4 Å². The molecule has 3 aliphatic carbocycles. The summed E-state index contributed by atoms with van der Waals surface area (Å²) in [5, 5.41) is -5.05. The largest absolute Gasteiger partial charge is 0.465 e. The molecule has 0 aromatic heterocycles. The third-order valence-electron chi connectivity index (χ3n) is 7.33. The Morgan fingerprint density at radius 3 is 2.45 bits per heavy atom. The van der Waals surface area contributed by atoms with Crippen LogP contribution >= 0.6 is 0 Å². The van der Waals surface area contributed by atoms with Gasteiger partial charge in [0.15, 0.2) is 6.17 Å². The highest BCUT2D eigenvalue weighted by Gasteiger charge is 2.70. The van der Waals surface area contributed by atoms with E-state index < -0.39 is 82.4 Å². The summed E-state index contributed by atoms with van der Waals surface area (Å²) in [6.07, 6.45) is -1.28. The molecule has 1 N–H and O–H groups in total. The number of carbonyl (C=O) groups excluding carboxylic acids is 3. The maximum Gasteiger partial charge on any atom is 0.400 e. The number of rotatable bonds is 8. The van der Waals surface area contributed by atoms with E-state index in [2.05, 4.69) is 0 Å². The zero-order valence-electron chi connectivity index (χ0n) is 17.5. The normalized spacial score (nSPS) is 34.7. The summed E-state index contributed by atoms with van der Waals surface area (Å²) < 4.78 is 85.9. The van der Waals surface area contributed by atoms with Gasteiger partial charge in [-0.25, -0.2) is 4.39 Å². The lowest BCUT2D eigenvalue weighted by Crippen LogP contribution is -2.44. The van der Waals surface area contributed by atoms with Crippen molar-refractivity contribution in [3.63, 3.8) is 0 Å². The Morgan fingerprint density at radius 1 is 1.15 bits per heavy atom. The van der Waals surface area contributed by atoms with Crippen molar-refractivity contribution in [2.24, 2.45) is 29.6 Å². The van der Waals surface area contributed by atoms with Gasteiger partial charge < -0.3 is 14.2 Å². The van der Waals surface area contributed by atoms with Gasteiger partial charge >= 0.3 is 33.3 Å². The summed E-state index contributed by atoms with van der Waals surface area (Å²) >= 11 is 0. The van der Waals surface area contributed by atoms with Crippen molar-refractivity contribution in [2.45, 2.75) is 68.6 Å². The second-order valence-electron chi connectivity index (χ2n) is 9.21. The molecule has 2 bridgehead atoms. The second kappa shape index (κ2) is 8.71. The summed E-state index contributed by atoms with van der Waals surface area (Å²) in [6.45, 7) is -0.892. The number of esters is 3. The maximum absolute atomic E-state index is 13.6. The lowest BCUT2D eigenvalue weighted by Gasteiger charge is -2.31. The van der Waals surface area contributed by atoms with Crippen molar-refractivity contribution in [3.05, 3.63) is 0 Å². The average Bonchev–Trinajstić information content (AvgIpc) is 3.37. The predicted octanol–water partition coefficient (Wildman–Crippen LogP) is 2.04. The van der Waals surface area contributed by atoms with Gasteiger partial charge in [-0.1, -0.05) is 19.3 Å². The summed E-state index contributed by atoms with van der Waals surface area (Å²) in [5.74, 6) is -4.99. The molecule has 0 aromatic carbocycles. The number of hydrogen-bond donors (Lipinski definition) is 1. The average molecular weight is 498 g/mol. The number of ether oxygens (including phenoxy) is 3. The summed E-state index contributed by atoms with van der Waals surface area (Å²) in [6, 6.07) is 0. The van der Waals surface area contributed by atoms with Gasteiger partial charge in [-0.15, -0.1) is 0 Å². The standard InChI is InChI=1S/C20H25F3O9S/c21-12(20(22,23)33(27,28)29)6-7-30-18(25)13-10-8-11-14(13)19(26)32-16(11)15(10)31-17(24)9-4-2-1-3-5-9/h9-16H,1-8H2,(H,27,28,29). The van der Waals surface area contributed by atoms with Crippen LogP contribution < -0.4 is 0 Å². The molecule has 0 spiro atoms. The Hall–Kier alpha value is -1.89. The number of carbonyl (C=O) groups is 3. The van der Waals surface area contributed by atoms with Gasteiger partial charge in [-0.3, -0.25) is 18.9 Å². The first kappa shape index (κ1) is 24.2. The molecule has 1 saturated heterocycles. The molecule has 4 fully saturated rings. The molecule has 4 aliphatic rings. The van der Waals surface area contributed by atoms with Crippen molar-refractivity contribution in [3.8, 4) is 0 Å². The van der Waals surface area contributed by atoms with Gasteiger partial charge in [0.1, 0.15) is 12.2 Å². The van der Waals surface area contributed by atoms with E-state index in [9.17, 15) is 36.0 Å². The predicted molar refractivity (Wildman–Crippen MR) is 102 cm³/mol. The summed E-state index contributed by atoms with van der Waals surface area (Å²) in [7, 11) is -5.98. The van der Waals surface area contributed by atoms with E-state index in [1.807, 2.05) is 0 Å². The highest BCUT2D eigenvalue weighted by atomic mass is 32.2. The summed E-state index contributed by atoms with van der Waals surface area (Å²) in [4.78, 5) is 37.6. The lowest BCUT2D eigenvalue weighted by atomic mass is 9.78. The topological polar surface area (TPSA) is 133 Å². The molecular weight excluding hydrogens is 473 g/mol. The first-order chi connectivity index (χ1) is 15.4.